The van der Waals surface area contributed by atoms with E-state index in [0.29, 0.717) is 27.7 Å². The third-order valence-electron chi connectivity index (χ3n) is 5.07. The molecule has 0 aromatic heterocycles. The second kappa shape index (κ2) is 14.1. The second-order valence-corrected chi connectivity index (χ2v) is 8.75. The van der Waals surface area contributed by atoms with E-state index >= 15 is 0 Å². The maximum absolute atomic E-state index is 13.7. The van der Waals surface area contributed by atoms with Crippen LogP contribution in [0.5, 0.6) is 0 Å². The van der Waals surface area contributed by atoms with Gasteiger partial charge in [-0.25, -0.2) is 17.6 Å². The highest BCUT2D eigenvalue weighted by atomic mass is 79.9. The van der Waals surface area contributed by atoms with Gasteiger partial charge in [0.1, 0.15) is 23.3 Å². The molecule has 0 saturated heterocycles. The largest absolute Gasteiger partial charge is 0.488 e. The fraction of sp³-hybridized carbons (Fsp3) is 0.0714. The van der Waals surface area contributed by atoms with Crippen molar-refractivity contribution in [2.45, 2.75) is 13.8 Å². The van der Waals surface area contributed by atoms with E-state index in [1.54, 1.807) is 36.4 Å². The first-order valence-corrected chi connectivity index (χ1v) is 11.7. The predicted octanol–water partition coefficient (Wildman–Crippen LogP) is 6.09. The Balaban J connectivity index is 0.000000211. The Morgan fingerprint density at radius 2 is 1.21 bits per heavy atom. The van der Waals surface area contributed by atoms with Crippen molar-refractivity contribution in [2.75, 3.05) is 0 Å². The molecule has 0 aliphatic rings. The molecule has 2 N–H and O–H groups in total. The molecule has 192 valence electrons. The van der Waals surface area contributed by atoms with Crippen molar-refractivity contribution in [2.24, 2.45) is 0 Å². The molecule has 38 heavy (non-hydrogen) atoms. The van der Waals surface area contributed by atoms with Crippen LogP contribution >= 0.6 is 15.9 Å². The lowest BCUT2D eigenvalue weighted by molar-refractivity contribution is 0.426. The molecule has 0 atom stereocenters. The molecule has 10 heteroatoms. The van der Waals surface area contributed by atoms with Gasteiger partial charge in [-0.2, -0.15) is 10.5 Å². The highest BCUT2D eigenvalue weighted by Gasteiger charge is 2.11. The molecular formula is C28H20BBrF4N2O2. The molecule has 4 nitrogen and oxygen atoms in total. The maximum Gasteiger partial charge on any atom is 0.488 e. The number of nitriles is 2. The van der Waals surface area contributed by atoms with Crippen molar-refractivity contribution in [3.05, 3.63) is 123 Å². The predicted molar refractivity (Wildman–Crippen MR) is 141 cm³/mol. The first-order chi connectivity index (χ1) is 18.0. The molecule has 0 bridgehead atoms. The number of aryl methyl sites for hydroxylation is 2. The van der Waals surface area contributed by atoms with Crippen LogP contribution in [0.1, 0.15) is 22.3 Å². The topological polar surface area (TPSA) is 88.0 Å². The van der Waals surface area contributed by atoms with E-state index in [9.17, 15) is 17.6 Å². The number of benzene rings is 4. The number of nitrogens with zero attached hydrogens (tertiary/aromatic N) is 2. The van der Waals surface area contributed by atoms with Crippen LogP contribution in [0.2, 0.25) is 0 Å². The van der Waals surface area contributed by atoms with Crippen LogP contribution in [0.15, 0.2) is 77.3 Å². The van der Waals surface area contributed by atoms with Crippen LogP contribution in [0.25, 0.3) is 11.1 Å². The van der Waals surface area contributed by atoms with E-state index in [1.165, 1.54) is 26.0 Å². The summed E-state index contributed by atoms with van der Waals surface area (Å²) in [5, 5.41) is 34.6. The minimum Gasteiger partial charge on any atom is -0.423 e. The van der Waals surface area contributed by atoms with Crippen LogP contribution in [0.3, 0.4) is 0 Å². The zero-order valence-electron chi connectivity index (χ0n) is 20.2. The summed E-state index contributed by atoms with van der Waals surface area (Å²) in [4.78, 5) is 0. The van der Waals surface area contributed by atoms with Gasteiger partial charge in [-0.1, -0.05) is 24.3 Å². The highest BCUT2D eigenvalue weighted by molar-refractivity contribution is 9.10. The van der Waals surface area contributed by atoms with Gasteiger partial charge >= 0.3 is 7.12 Å². The number of hydrogen-bond donors (Lipinski definition) is 2. The summed E-state index contributed by atoms with van der Waals surface area (Å²) in [5.74, 6) is -1.77. The Bertz CT molecular complexity index is 1470. The Hall–Kier alpha value is -3.96. The van der Waals surface area contributed by atoms with Crippen molar-refractivity contribution < 1.29 is 27.6 Å². The van der Waals surface area contributed by atoms with Crippen LogP contribution in [0, 0.1) is 59.8 Å². The summed E-state index contributed by atoms with van der Waals surface area (Å²) in [6.07, 6.45) is 0. The van der Waals surface area contributed by atoms with Crippen molar-refractivity contribution in [3.8, 4) is 23.3 Å². The SMILES string of the molecule is Cc1cc(F)c(-c2cccc(C#N)c2)cc1F.Cc1cc(F)c(Br)cc1F.N#Cc1cccc(B(O)O)c1. The monoisotopic (exact) mass is 582 g/mol. The standard InChI is InChI=1S/C14H9F2N.C7H6BNO2.C7H5BrF2/c1-9-5-14(16)12(7-13(9)15)11-4-2-3-10(6-11)8-17;9-5-6-2-1-3-7(4-6)8(10)11;1-4-2-7(10)5(8)3-6(4)9/h2-7H,1H3;1-4,10-11H;2-3H,1H3. The van der Waals surface area contributed by atoms with Crippen LogP contribution < -0.4 is 5.46 Å². The lowest BCUT2D eigenvalue weighted by Gasteiger charge is -2.06. The van der Waals surface area contributed by atoms with Gasteiger partial charge in [0.05, 0.1) is 27.7 Å². The molecule has 0 saturated carbocycles. The molecule has 0 amide bonds. The normalized spacial score (nSPS) is 9.66. The molecule has 0 spiro atoms. The summed E-state index contributed by atoms with van der Waals surface area (Å²) in [6.45, 7) is 3.03. The molecule has 4 aromatic carbocycles. The second-order valence-electron chi connectivity index (χ2n) is 7.90. The Morgan fingerprint density at radius 3 is 1.76 bits per heavy atom. The van der Waals surface area contributed by atoms with E-state index in [-0.39, 0.29) is 15.6 Å². The summed E-state index contributed by atoms with van der Waals surface area (Å²) in [7, 11) is -1.50. The highest BCUT2D eigenvalue weighted by Crippen LogP contribution is 2.26. The molecule has 0 aliphatic carbocycles. The molecule has 4 aromatic rings. The van der Waals surface area contributed by atoms with Crippen LogP contribution in [-0.4, -0.2) is 17.2 Å². The van der Waals surface area contributed by atoms with Crippen molar-refractivity contribution in [3.63, 3.8) is 0 Å². The molecular weight excluding hydrogens is 563 g/mol. The number of hydrogen-bond acceptors (Lipinski definition) is 4. The molecule has 0 aliphatic heterocycles. The van der Waals surface area contributed by atoms with Gasteiger partial charge in [-0.05, 0) is 100 Å². The lowest BCUT2D eigenvalue weighted by atomic mass is 9.80. The summed E-state index contributed by atoms with van der Waals surface area (Å²) in [6, 6.07) is 21.1. The lowest BCUT2D eigenvalue weighted by Crippen LogP contribution is -2.29. The third kappa shape index (κ3) is 8.57. The summed E-state index contributed by atoms with van der Waals surface area (Å²) in [5.41, 5.74) is 2.44. The van der Waals surface area contributed by atoms with Gasteiger partial charge in [0, 0.05) is 5.56 Å². The minimum absolute atomic E-state index is 0.163. The minimum atomic E-state index is -1.50. The van der Waals surface area contributed by atoms with Gasteiger partial charge in [-0.15, -0.1) is 0 Å². The zero-order chi connectivity index (χ0) is 28.4. The Labute approximate surface area is 226 Å². The van der Waals surface area contributed by atoms with Gasteiger partial charge in [0.25, 0.3) is 0 Å². The first kappa shape index (κ1) is 30.3. The third-order valence-corrected chi connectivity index (χ3v) is 5.67. The van der Waals surface area contributed by atoms with Gasteiger partial charge in [0.15, 0.2) is 0 Å². The van der Waals surface area contributed by atoms with Crippen LogP contribution in [0.4, 0.5) is 17.6 Å². The van der Waals surface area contributed by atoms with E-state index in [4.69, 9.17) is 20.6 Å². The quantitative estimate of drug-likeness (QED) is 0.170. The molecule has 0 heterocycles. The van der Waals surface area contributed by atoms with E-state index < -0.39 is 30.4 Å². The van der Waals surface area contributed by atoms with Crippen molar-refractivity contribution in [1.82, 2.24) is 0 Å². The fourth-order valence-electron chi connectivity index (χ4n) is 3.01. The summed E-state index contributed by atoms with van der Waals surface area (Å²) >= 11 is 2.87. The molecule has 0 fully saturated rings. The van der Waals surface area contributed by atoms with Crippen LogP contribution in [-0.2, 0) is 0 Å². The Morgan fingerprint density at radius 1 is 0.684 bits per heavy atom. The fourth-order valence-corrected chi connectivity index (χ4v) is 3.33. The van der Waals surface area contributed by atoms with Gasteiger partial charge < -0.3 is 10.0 Å². The number of halogens is 5. The van der Waals surface area contributed by atoms with Gasteiger partial charge in [-0.3, -0.25) is 0 Å². The zero-order valence-corrected chi connectivity index (χ0v) is 21.8. The number of rotatable bonds is 2. The summed E-state index contributed by atoms with van der Waals surface area (Å²) < 4.78 is 52.4. The van der Waals surface area contributed by atoms with E-state index in [2.05, 4.69) is 15.9 Å². The van der Waals surface area contributed by atoms with Crippen molar-refractivity contribution in [1.29, 1.82) is 10.5 Å². The molecule has 0 unspecified atom stereocenters. The Kier molecular flexibility index (Phi) is 11.2. The van der Waals surface area contributed by atoms with Crippen molar-refractivity contribution >= 4 is 28.5 Å². The molecule has 4 rings (SSSR count). The average Bonchev–Trinajstić information content (AvgIpc) is 2.90. The first-order valence-electron chi connectivity index (χ1n) is 10.9. The van der Waals surface area contributed by atoms with E-state index in [1.807, 2.05) is 12.1 Å². The molecule has 0 radical (unpaired) electrons. The average molecular weight is 583 g/mol. The maximum atomic E-state index is 13.7. The smallest absolute Gasteiger partial charge is 0.423 e. The van der Waals surface area contributed by atoms with Gasteiger partial charge in [0.2, 0.25) is 0 Å². The van der Waals surface area contributed by atoms with E-state index in [0.717, 1.165) is 24.3 Å².